The molecule has 0 amide bonds. The molecule has 0 aliphatic carbocycles. The summed E-state index contributed by atoms with van der Waals surface area (Å²) < 4.78 is 6.01. The molecule has 0 radical (unpaired) electrons. The monoisotopic (exact) mass is 273 g/mol. The number of piperidine rings is 1. The molecular formula is C17H23NO2. The van der Waals surface area contributed by atoms with Crippen LogP contribution < -0.4 is 4.74 Å². The van der Waals surface area contributed by atoms with Crippen molar-refractivity contribution in [2.75, 3.05) is 13.1 Å². The molecule has 20 heavy (non-hydrogen) atoms. The van der Waals surface area contributed by atoms with E-state index in [1.165, 1.54) is 24.8 Å². The topological polar surface area (TPSA) is 32.7 Å². The molecule has 1 atom stereocenters. The summed E-state index contributed by atoms with van der Waals surface area (Å²) in [5.41, 5.74) is 0.371. The maximum atomic E-state index is 10.1. The number of nitrogens with zero attached hydrogens (tertiary/aromatic N) is 1. The molecule has 0 saturated carbocycles. The first kappa shape index (κ1) is 13.7. The lowest BCUT2D eigenvalue weighted by Crippen LogP contribution is -2.34. The molecule has 3 heteroatoms. The van der Waals surface area contributed by atoms with Crippen LogP contribution in [0.25, 0.3) is 0 Å². The molecule has 1 N–H and O–H groups in total. The van der Waals surface area contributed by atoms with Crippen molar-refractivity contribution in [1.82, 2.24) is 4.90 Å². The Bertz CT molecular complexity index is 510. The van der Waals surface area contributed by atoms with Crippen LogP contribution >= 0.6 is 0 Å². The lowest BCUT2D eigenvalue weighted by molar-refractivity contribution is 0.122. The molecule has 0 unspecified atom stereocenters. The van der Waals surface area contributed by atoms with Crippen molar-refractivity contribution >= 4 is 0 Å². The first-order chi connectivity index (χ1) is 9.54. The standard InChI is InChI=1S/C17H23NO2/c1-17(2,19)12-15-16(18-10-6-3-7-11-18)13-8-4-5-9-14(13)20-15/h4-5,8-9,12,16,19H,3,6-7,10-11H2,1-2H3/b15-12+/t16-/m0/s1. The summed E-state index contributed by atoms with van der Waals surface area (Å²) in [6.45, 7) is 5.79. The van der Waals surface area contributed by atoms with Crippen LogP contribution in [0.15, 0.2) is 36.1 Å². The smallest absolute Gasteiger partial charge is 0.132 e. The number of ether oxygens (including phenoxy) is 1. The molecule has 1 fully saturated rings. The van der Waals surface area contributed by atoms with Crippen molar-refractivity contribution in [2.45, 2.75) is 44.8 Å². The number of rotatable bonds is 2. The van der Waals surface area contributed by atoms with Crippen molar-refractivity contribution < 1.29 is 9.84 Å². The third-order valence-corrected chi connectivity index (χ3v) is 3.96. The third-order valence-electron chi connectivity index (χ3n) is 3.96. The minimum Gasteiger partial charge on any atom is -0.460 e. The number of hydrogen-bond acceptors (Lipinski definition) is 3. The molecule has 0 spiro atoms. The van der Waals surface area contributed by atoms with Gasteiger partial charge in [0.25, 0.3) is 0 Å². The van der Waals surface area contributed by atoms with Gasteiger partial charge in [0, 0.05) is 5.56 Å². The zero-order valence-corrected chi connectivity index (χ0v) is 12.3. The fourth-order valence-corrected chi connectivity index (χ4v) is 3.15. The average molecular weight is 273 g/mol. The summed E-state index contributed by atoms with van der Waals surface area (Å²) in [5.74, 6) is 1.80. The van der Waals surface area contributed by atoms with Gasteiger partial charge in [-0.3, -0.25) is 4.90 Å². The summed E-state index contributed by atoms with van der Waals surface area (Å²) >= 11 is 0. The van der Waals surface area contributed by atoms with Crippen molar-refractivity contribution in [2.24, 2.45) is 0 Å². The van der Waals surface area contributed by atoms with Crippen LogP contribution in [0.5, 0.6) is 5.75 Å². The fourth-order valence-electron chi connectivity index (χ4n) is 3.15. The number of likely N-dealkylation sites (tertiary alicyclic amines) is 1. The lowest BCUT2D eigenvalue weighted by Gasteiger charge is -2.32. The second-order valence-electron chi connectivity index (χ2n) is 6.34. The molecule has 3 nitrogen and oxygen atoms in total. The third kappa shape index (κ3) is 2.74. The van der Waals surface area contributed by atoms with Crippen LogP contribution in [0.4, 0.5) is 0 Å². The van der Waals surface area contributed by atoms with Crippen LogP contribution in [-0.4, -0.2) is 28.7 Å². The van der Waals surface area contributed by atoms with Crippen molar-refractivity contribution in [3.05, 3.63) is 41.7 Å². The van der Waals surface area contributed by atoms with Gasteiger partial charge >= 0.3 is 0 Å². The minimum atomic E-state index is -0.856. The van der Waals surface area contributed by atoms with Crippen LogP contribution in [0.1, 0.15) is 44.7 Å². The summed E-state index contributed by atoms with van der Waals surface area (Å²) in [7, 11) is 0. The maximum Gasteiger partial charge on any atom is 0.132 e. The van der Waals surface area contributed by atoms with Crippen LogP contribution in [0.3, 0.4) is 0 Å². The Hall–Kier alpha value is -1.32. The van der Waals surface area contributed by atoms with Gasteiger partial charge in [-0.2, -0.15) is 0 Å². The predicted molar refractivity (Wildman–Crippen MR) is 79.6 cm³/mol. The molecule has 2 aliphatic rings. The Morgan fingerprint density at radius 3 is 2.60 bits per heavy atom. The molecule has 108 valence electrons. The summed E-state index contributed by atoms with van der Waals surface area (Å²) in [5, 5.41) is 10.1. The molecule has 1 saturated heterocycles. The van der Waals surface area contributed by atoms with E-state index >= 15 is 0 Å². The van der Waals surface area contributed by atoms with Crippen molar-refractivity contribution in [3.8, 4) is 5.75 Å². The van der Waals surface area contributed by atoms with Crippen molar-refractivity contribution in [1.29, 1.82) is 0 Å². The second kappa shape index (κ2) is 5.23. The quantitative estimate of drug-likeness (QED) is 0.897. The summed E-state index contributed by atoms with van der Waals surface area (Å²) in [6.07, 6.45) is 5.66. The number of benzene rings is 1. The largest absolute Gasteiger partial charge is 0.460 e. The number of hydrogen-bond donors (Lipinski definition) is 1. The van der Waals surface area contributed by atoms with Gasteiger partial charge in [-0.25, -0.2) is 0 Å². The van der Waals surface area contributed by atoms with Gasteiger partial charge in [0.05, 0.1) is 11.6 Å². The molecular weight excluding hydrogens is 250 g/mol. The van der Waals surface area contributed by atoms with Gasteiger partial charge in [0.1, 0.15) is 11.5 Å². The highest BCUT2D eigenvalue weighted by Crippen LogP contribution is 2.43. The van der Waals surface area contributed by atoms with Gasteiger partial charge in [-0.1, -0.05) is 24.6 Å². The summed E-state index contributed by atoms with van der Waals surface area (Å²) in [6, 6.07) is 8.38. The van der Waals surface area contributed by atoms with E-state index in [0.717, 1.165) is 24.6 Å². The number of para-hydroxylation sites is 1. The Morgan fingerprint density at radius 2 is 1.90 bits per heavy atom. The Labute approximate surface area is 120 Å². The van der Waals surface area contributed by atoms with Crippen LogP contribution in [-0.2, 0) is 0 Å². The van der Waals surface area contributed by atoms with Gasteiger partial charge < -0.3 is 9.84 Å². The van der Waals surface area contributed by atoms with E-state index in [9.17, 15) is 5.11 Å². The van der Waals surface area contributed by atoms with Crippen molar-refractivity contribution in [3.63, 3.8) is 0 Å². The number of aliphatic hydroxyl groups is 1. The molecule has 1 aromatic rings. The Balaban J connectivity index is 1.97. The van der Waals surface area contributed by atoms with E-state index in [2.05, 4.69) is 17.0 Å². The Kier molecular flexibility index (Phi) is 3.57. The minimum absolute atomic E-state index is 0.165. The maximum absolute atomic E-state index is 10.1. The van der Waals surface area contributed by atoms with Gasteiger partial charge in [0.15, 0.2) is 0 Å². The van der Waals surface area contributed by atoms with E-state index in [-0.39, 0.29) is 6.04 Å². The fraction of sp³-hybridized carbons (Fsp3) is 0.529. The van der Waals surface area contributed by atoms with E-state index < -0.39 is 5.60 Å². The molecule has 0 aromatic heterocycles. The summed E-state index contributed by atoms with van der Waals surface area (Å²) in [4.78, 5) is 2.48. The van der Waals surface area contributed by atoms with E-state index in [0.29, 0.717) is 0 Å². The van der Waals surface area contributed by atoms with Gasteiger partial charge in [-0.15, -0.1) is 0 Å². The highest BCUT2D eigenvalue weighted by Gasteiger charge is 2.35. The molecule has 2 aliphatic heterocycles. The normalized spacial score (nSPS) is 25.6. The molecule has 1 aromatic carbocycles. The highest BCUT2D eigenvalue weighted by atomic mass is 16.5. The van der Waals surface area contributed by atoms with Gasteiger partial charge in [0.2, 0.25) is 0 Å². The Morgan fingerprint density at radius 1 is 1.20 bits per heavy atom. The first-order valence-corrected chi connectivity index (χ1v) is 7.50. The van der Waals surface area contributed by atoms with Gasteiger partial charge in [-0.05, 0) is 51.9 Å². The second-order valence-corrected chi connectivity index (χ2v) is 6.34. The lowest BCUT2D eigenvalue weighted by atomic mass is 9.99. The predicted octanol–water partition coefficient (Wildman–Crippen LogP) is 3.26. The number of fused-ring (bicyclic) bond motifs is 1. The van der Waals surface area contributed by atoms with E-state index in [1.807, 2.05) is 18.2 Å². The van der Waals surface area contributed by atoms with Crippen LogP contribution in [0.2, 0.25) is 0 Å². The average Bonchev–Trinajstić information content (AvgIpc) is 2.75. The SMILES string of the molecule is CC(C)(O)/C=C1/Oc2ccccc2[C@@H]1N1CCCCC1. The molecule has 0 bridgehead atoms. The highest BCUT2D eigenvalue weighted by molar-refractivity contribution is 5.46. The molecule has 3 rings (SSSR count). The van der Waals surface area contributed by atoms with E-state index in [1.54, 1.807) is 13.8 Å². The van der Waals surface area contributed by atoms with E-state index in [4.69, 9.17) is 4.74 Å². The van der Waals surface area contributed by atoms with Crippen LogP contribution in [0, 0.1) is 0 Å². The first-order valence-electron chi connectivity index (χ1n) is 7.50. The molecule has 2 heterocycles. The zero-order chi connectivity index (χ0) is 14.2. The zero-order valence-electron chi connectivity index (χ0n) is 12.3.